The lowest BCUT2D eigenvalue weighted by molar-refractivity contribution is 1.17. The molecule has 0 atom stereocenters. The molecule has 0 aliphatic heterocycles. The highest BCUT2D eigenvalue weighted by Gasteiger charge is 2.15. The summed E-state index contributed by atoms with van der Waals surface area (Å²) in [6.45, 7) is 6.27. The minimum atomic E-state index is 1.04. The maximum absolute atomic E-state index is 4.20. The summed E-state index contributed by atoms with van der Waals surface area (Å²) < 4.78 is 0. The second-order valence-corrected chi connectivity index (χ2v) is 5.75. The highest BCUT2D eigenvalue weighted by molar-refractivity contribution is 6.18. The summed E-state index contributed by atoms with van der Waals surface area (Å²) in [6.07, 6.45) is 5.32. The van der Waals surface area contributed by atoms with Crippen molar-refractivity contribution >= 4 is 27.1 Å². The normalized spacial score (nSPS) is 11.0. The Balaban J connectivity index is 2.30. The molecule has 4 rings (SSSR count). The number of rotatable bonds is 2. The predicted octanol–water partition coefficient (Wildman–Crippen LogP) is 5.48. The van der Waals surface area contributed by atoms with Crippen molar-refractivity contribution in [1.82, 2.24) is 9.97 Å². The van der Waals surface area contributed by atoms with Gasteiger partial charge in [-0.2, -0.15) is 0 Å². The van der Waals surface area contributed by atoms with Gasteiger partial charge in [-0.3, -0.25) is 0 Å². The first-order valence-electron chi connectivity index (χ1n) is 7.62. The molecule has 0 aliphatic rings. The zero-order valence-electron chi connectivity index (χ0n) is 13.0. The molecule has 4 aromatic rings. The van der Waals surface area contributed by atoms with Crippen molar-refractivity contribution in [3.05, 3.63) is 79.4 Å². The summed E-state index contributed by atoms with van der Waals surface area (Å²) in [4.78, 5) is 8.41. The standard InChI is InChI=1S/C21H16N2/c1-14(2)20-16-7-3-5-9-18(16)21(15-11-22-13-23-12-15)19-10-6-4-8-17(19)20/h3-13H,1H2,2H3. The Hall–Kier alpha value is -3.00. The van der Waals surface area contributed by atoms with Crippen LogP contribution in [-0.2, 0) is 0 Å². The number of aromatic nitrogens is 2. The third-order valence-corrected chi connectivity index (χ3v) is 4.21. The van der Waals surface area contributed by atoms with E-state index in [2.05, 4.69) is 72.0 Å². The van der Waals surface area contributed by atoms with Crippen molar-refractivity contribution in [2.75, 3.05) is 0 Å². The van der Waals surface area contributed by atoms with Gasteiger partial charge in [0.1, 0.15) is 6.33 Å². The molecule has 2 heteroatoms. The van der Waals surface area contributed by atoms with E-state index in [1.165, 1.54) is 32.7 Å². The van der Waals surface area contributed by atoms with Crippen LogP contribution in [0.1, 0.15) is 12.5 Å². The fraction of sp³-hybridized carbons (Fsp3) is 0.0476. The monoisotopic (exact) mass is 296 g/mol. The van der Waals surface area contributed by atoms with Crippen LogP contribution < -0.4 is 0 Å². The zero-order chi connectivity index (χ0) is 15.8. The zero-order valence-corrected chi connectivity index (χ0v) is 13.0. The topological polar surface area (TPSA) is 25.8 Å². The molecule has 23 heavy (non-hydrogen) atoms. The smallest absolute Gasteiger partial charge is 0.115 e. The molecule has 0 amide bonds. The first-order valence-corrected chi connectivity index (χ1v) is 7.62. The van der Waals surface area contributed by atoms with Gasteiger partial charge in [-0.15, -0.1) is 0 Å². The van der Waals surface area contributed by atoms with E-state index in [1.807, 2.05) is 12.4 Å². The maximum atomic E-state index is 4.20. The number of benzene rings is 3. The molecule has 3 aromatic carbocycles. The minimum Gasteiger partial charge on any atom is -0.244 e. The predicted molar refractivity (Wildman–Crippen MR) is 97.2 cm³/mol. The van der Waals surface area contributed by atoms with Gasteiger partial charge in [0, 0.05) is 23.5 Å². The van der Waals surface area contributed by atoms with Gasteiger partial charge >= 0.3 is 0 Å². The Morgan fingerprint density at radius 1 is 0.783 bits per heavy atom. The molecular weight excluding hydrogens is 280 g/mol. The van der Waals surface area contributed by atoms with Gasteiger partial charge in [0.05, 0.1) is 0 Å². The van der Waals surface area contributed by atoms with Gasteiger partial charge < -0.3 is 0 Å². The first-order chi connectivity index (χ1) is 11.3. The largest absolute Gasteiger partial charge is 0.244 e. The van der Waals surface area contributed by atoms with E-state index in [1.54, 1.807) is 6.33 Å². The van der Waals surface area contributed by atoms with E-state index in [9.17, 15) is 0 Å². The van der Waals surface area contributed by atoms with Gasteiger partial charge in [0.15, 0.2) is 0 Å². The van der Waals surface area contributed by atoms with E-state index in [4.69, 9.17) is 0 Å². The van der Waals surface area contributed by atoms with Gasteiger partial charge in [-0.1, -0.05) is 55.1 Å². The van der Waals surface area contributed by atoms with Crippen LogP contribution in [0, 0.1) is 0 Å². The van der Waals surface area contributed by atoms with Crippen molar-refractivity contribution in [3.8, 4) is 11.1 Å². The van der Waals surface area contributed by atoms with Crippen molar-refractivity contribution in [2.45, 2.75) is 6.92 Å². The van der Waals surface area contributed by atoms with Crippen molar-refractivity contribution in [3.63, 3.8) is 0 Å². The van der Waals surface area contributed by atoms with Crippen LogP contribution in [0.15, 0.2) is 73.8 Å². The highest BCUT2D eigenvalue weighted by Crippen LogP contribution is 2.40. The second-order valence-electron chi connectivity index (χ2n) is 5.75. The molecule has 2 nitrogen and oxygen atoms in total. The molecule has 0 saturated carbocycles. The van der Waals surface area contributed by atoms with E-state index < -0.39 is 0 Å². The lowest BCUT2D eigenvalue weighted by atomic mass is 9.87. The van der Waals surface area contributed by atoms with Gasteiger partial charge in [0.25, 0.3) is 0 Å². The third kappa shape index (κ3) is 2.11. The average Bonchev–Trinajstić information content (AvgIpc) is 2.59. The van der Waals surface area contributed by atoms with Crippen molar-refractivity contribution in [2.24, 2.45) is 0 Å². The van der Waals surface area contributed by atoms with Crippen molar-refractivity contribution < 1.29 is 0 Å². The molecule has 0 saturated heterocycles. The van der Waals surface area contributed by atoms with E-state index in [0.717, 1.165) is 11.1 Å². The Morgan fingerprint density at radius 3 is 1.74 bits per heavy atom. The number of hydrogen-bond donors (Lipinski definition) is 0. The molecule has 1 heterocycles. The van der Waals surface area contributed by atoms with Crippen LogP contribution in [0.5, 0.6) is 0 Å². The lowest BCUT2D eigenvalue weighted by Crippen LogP contribution is -1.92. The molecule has 0 aliphatic carbocycles. The van der Waals surface area contributed by atoms with E-state index in [0.29, 0.717) is 0 Å². The summed E-state index contributed by atoms with van der Waals surface area (Å²) in [6, 6.07) is 17.0. The van der Waals surface area contributed by atoms with Crippen molar-refractivity contribution in [1.29, 1.82) is 0 Å². The molecule has 1 aromatic heterocycles. The fourth-order valence-corrected chi connectivity index (χ4v) is 3.33. The molecule has 0 radical (unpaired) electrons. The summed E-state index contributed by atoms with van der Waals surface area (Å²) in [5.74, 6) is 0. The Labute approximate surface area is 135 Å². The van der Waals surface area contributed by atoms with E-state index >= 15 is 0 Å². The maximum Gasteiger partial charge on any atom is 0.115 e. The summed E-state index contributed by atoms with van der Waals surface area (Å²) >= 11 is 0. The quantitative estimate of drug-likeness (QED) is 0.457. The average molecular weight is 296 g/mol. The Morgan fingerprint density at radius 2 is 1.26 bits per heavy atom. The second kappa shape index (κ2) is 5.33. The van der Waals surface area contributed by atoms with Gasteiger partial charge in [-0.05, 0) is 39.6 Å². The summed E-state index contributed by atoms with van der Waals surface area (Å²) in [5, 5.41) is 4.85. The molecular formula is C21H16N2. The third-order valence-electron chi connectivity index (χ3n) is 4.21. The molecule has 0 fully saturated rings. The Bertz CT molecular complexity index is 977. The SMILES string of the molecule is C=C(C)c1c2ccccc2c(-c2cncnc2)c2ccccc12. The van der Waals surface area contributed by atoms with Gasteiger partial charge in [-0.25, -0.2) is 9.97 Å². The number of fused-ring (bicyclic) bond motifs is 2. The minimum absolute atomic E-state index is 1.04. The van der Waals surface area contributed by atoms with Crippen LogP contribution in [0.3, 0.4) is 0 Å². The van der Waals surface area contributed by atoms with Crippen LogP contribution in [0.25, 0.3) is 38.2 Å². The number of allylic oxidation sites excluding steroid dienone is 1. The van der Waals surface area contributed by atoms with Crippen LogP contribution in [-0.4, -0.2) is 9.97 Å². The number of nitrogens with zero attached hydrogens (tertiary/aromatic N) is 2. The van der Waals surface area contributed by atoms with Gasteiger partial charge in [0.2, 0.25) is 0 Å². The number of hydrogen-bond acceptors (Lipinski definition) is 2. The first kappa shape index (κ1) is 13.6. The summed E-state index contributed by atoms with van der Waals surface area (Å²) in [5.41, 5.74) is 4.51. The molecule has 0 unspecified atom stereocenters. The molecule has 110 valence electrons. The fourth-order valence-electron chi connectivity index (χ4n) is 3.33. The molecule has 0 spiro atoms. The highest BCUT2D eigenvalue weighted by atomic mass is 14.8. The molecule has 0 bridgehead atoms. The summed E-state index contributed by atoms with van der Waals surface area (Å²) in [7, 11) is 0. The Kier molecular flexibility index (Phi) is 3.16. The van der Waals surface area contributed by atoms with Crippen LogP contribution in [0.4, 0.5) is 0 Å². The van der Waals surface area contributed by atoms with Crippen LogP contribution >= 0.6 is 0 Å². The van der Waals surface area contributed by atoms with E-state index in [-0.39, 0.29) is 0 Å². The lowest BCUT2D eigenvalue weighted by Gasteiger charge is -2.16. The van der Waals surface area contributed by atoms with Crippen LogP contribution in [0.2, 0.25) is 0 Å². The molecule has 0 N–H and O–H groups in total.